The van der Waals surface area contributed by atoms with E-state index >= 15 is 0 Å². The average molecular weight is 562 g/mol. The lowest BCUT2D eigenvalue weighted by atomic mass is 10.2. The van der Waals surface area contributed by atoms with E-state index in [1.807, 2.05) is 18.2 Å². The lowest BCUT2D eigenvalue weighted by molar-refractivity contribution is 0.257. The molecule has 1 N–H and O–H groups in total. The summed E-state index contributed by atoms with van der Waals surface area (Å²) in [5, 5.41) is 4.13. The summed E-state index contributed by atoms with van der Waals surface area (Å²) in [5.41, 5.74) is 0.986. The minimum Gasteiger partial charge on any atom is -0.369 e. The third kappa shape index (κ3) is 4.55. The molecular weight excluding hydrogens is 536 g/mol. The van der Waals surface area contributed by atoms with Crippen molar-refractivity contribution in [1.29, 1.82) is 0 Å². The Hall–Kier alpha value is -2.89. The van der Waals surface area contributed by atoms with Crippen LogP contribution >= 0.6 is 27.5 Å². The summed E-state index contributed by atoms with van der Waals surface area (Å²) in [4.78, 5) is 38.8. The minimum atomic E-state index is -0.420. The number of aromatic nitrogens is 5. The summed E-state index contributed by atoms with van der Waals surface area (Å²) in [6.07, 6.45) is 2.73. The first-order valence-corrected chi connectivity index (χ1v) is 12.6. The lowest BCUT2D eigenvalue weighted by Gasteiger charge is -2.36. The van der Waals surface area contributed by atoms with E-state index in [-0.39, 0.29) is 0 Å². The first-order chi connectivity index (χ1) is 16.8. The van der Waals surface area contributed by atoms with Gasteiger partial charge in [-0.3, -0.25) is 23.2 Å². The van der Waals surface area contributed by atoms with E-state index in [1.54, 1.807) is 17.6 Å². The number of rotatable bonds is 6. The van der Waals surface area contributed by atoms with Crippen LogP contribution in [0, 0.1) is 0 Å². The highest BCUT2D eigenvalue weighted by Gasteiger charge is 2.19. The first kappa shape index (κ1) is 23.8. The maximum atomic E-state index is 12.7. The minimum absolute atomic E-state index is 0.312. The number of imidazole rings is 1. The van der Waals surface area contributed by atoms with Gasteiger partial charge in [-0.25, -0.2) is 4.79 Å². The van der Waals surface area contributed by atoms with E-state index in [1.165, 1.54) is 17.3 Å². The molecule has 3 aromatic heterocycles. The molecule has 1 aliphatic rings. The summed E-state index contributed by atoms with van der Waals surface area (Å²) in [7, 11) is 3.05. The monoisotopic (exact) mass is 560 g/mol. The van der Waals surface area contributed by atoms with Crippen LogP contribution in [0.15, 0.2) is 44.5 Å². The zero-order valence-corrected chi connectivity index (χ0v) is 21.9. The Bertz CT molecular complexity index is 1520. The molecule has 4 aromatic rings. The predicted molar refractivity (Wildman–Crippen MR) is 142 cm³/mol. The van der Waals surface area contributed by atoms with E-state index in [2.05, 4.69) is 47.1 Å². The molecule has 5 rings (SSSR count). The second kappa shape index (κ2) is 9.63. The highest BCUT2D eigenvalue weighted by atomic mass is 79.9. The molecule has 1 aliphatic heterocycles. The second-order valence-electron chi connectivity index (χ2n) is 8.69. The number of benzene rings is 1. The zero-order valence-electron chi connectivity index (χ0n) is 19.5. The van der Waals surface area contributed by atoms with Gasteiger partial charge in [0, 0.05) is 63.7 Å². The molecule has 0 amide bonds. The first-order valence-electron chi connectivity index (χ1n) is 11.4. The molecule has 0 saturated carbocycles. The van der Waals surface area contributed by atoms with Gasteiger partial charge in [0.25, 0.3) is 5.56 Å². The van der Waals surface area contributed by atoms with Gasteiger partial charge in [0.2, 0.25) is 5.78 Å². The number of piperazine rings is 1. The molecule has 0 spiro atoms. The number of nitrogens with zero attached hydrogens (tertiary/aromatic N) is 7. The molecule has 4 heterocycles. The topological polar surface area (TPSA) is 92.7 Å². The van der Waals surface area contributed by atoms with Crippen molar-refractivity contribution in [1.82, 2.24) is 28.4 Å². The summed E-state index contributed by atoms with van der Waals surface area (Å²) in [6.45, 7) is 5.71. The molecular formula is C23H26BrClN8O2. The van der Waals surface area contributed by atoms with E-state index in [0.29, 0.717) is 22.8 Å². The molecule has 1 fully saturated rings. The molecule has 0 radical (unpaired) electrons. The number of halogens is 2. The van der Waals surface area contributed by atoms with Gasteiger partial charge in [0.05, 0.1) is 4.47 Å². The largest absolute Gasteiger partial charge is 0.369 e. The molecule has 12 heteroatoms. The average Bonchev–Trinajstić information content (AvgIpc) is 3.22. The van der Waals surface area contributed by atoms with Crippen LogP contribution in [-0.4, -0.2) is 67.7 Å². The molecule has 10 nitrogen and oxygen atoms in total. The Kier molecular flexibility index (Phi) is 6.56. The summed E-state index contributed by atoms with van der Waals surface area (Å²) in [6, 6.07) is 8.01. The van der Waals surface area contributed by atoms with Gasteiger partial charge in [-0.1, -0.05) is 17.7 Å². The van der Waals surface area contributed by atoms with Gasteiger partial charge in [0.1, 0.15) is 5.82 Å². The fourth-order valence-corrected chi connectivity index (χ4v) is 5.09. The van der Waals surface area contributed by atoms with Crippen molar-refractivity contribution >= 4 is 56.0 Å². The van der Waals surface area contributed by atoms with Gasteiger partial charge in [-0.15, -0.1) is 0 Å². The fraction of sp³-hybridized carbons (Fsp3) is 0.391. The Morgan fingerprint density at radius 2 is 1.86 bits per heavy atom. The Morgan fingerprint density at radius 1 is 1.09 bits per heavy atom. The van der Waals surface area contributed by atoms with Crippen LogP contribution < -0.4 is 21.5 Å². The summed E-state index contributed by atoms with van der Waals surface area (Å²) in [5.74, 6) is 1.02. The summed E-state index contributed by atoms with van der Waals surface area (Å²) < 4.78 is 4.77. The van der Waals surface area contributed by atoms with Crippen LogP contribution in [0.2, 0.25) is 5.02 Å². The Morgan fingerprint density at radius 3 is 2.60 bits per heavy atom. The highest BCUT2D eigenvalue weighted by molar-refractivity contribution is 9.10. The Labute approximate surface area is 214 Å². The predicted octanol–water partition coefficient (Wildman–Crippen LogP) is 2.32. The summed E-state index contributed by atoms with van der Waals surface area (Å²) >= 11 is 9.68. The number of anilines is 2. The van der Waals surface area contributed by atoms with Gasteiger partial charge in [-0.05, 0) is 47.1 Å². The van der Waals surface area contributed by atoms with Crippen molar-refractivity contribution in [2.24, 2.45) is 14.1 Å². The number of hydrogen-bond acceptors (Lipinski definition) is 7. The van der Waals surface area contributed by atoms with Crippen LogP contribution in [-0.2, 0) is 14.1 Å². The SMILES string of the molecule is Cn1c(=O)c2c(nc3nc(NCCCN4CCN(c5cccc(Cl)c5)CC4)c(Br)cn32)n(C)c1=O. The maximum Gasteiger partial charge on any atom is 0.332 e. The molecule has 1 saturated heterocycles. The van der Waals surface area contributed by atoms with Crippen molar-refractivity contribution in [3.8, 4) is 0 Å². The normalized spacial score (nSPS) is 14.8. The highest BCUT2D eigenvalue weighted by Crippen LogP contribution is 2.23. The Balaban J connectivity index is 1.21. The van der Waals surface area contributed by atoms with E-state index < -0.39 is 11.2 Å². The second-order valence-corrected chi connectivity index (χ2v) is 9.98. The standard InChI is InChI=1S/C23H26BrClN8O2/c1-29-20-18(21(34)30(2)23(29)35)33-14-17(24)19(27-22(33)28-20)26-7-4-8-31-9-11-32(12-10-31)16-6-3-5-15(25)13-16/h3,5-6,13-14H,4,7-12H2,1-2H3,(H,26,27,28). The third-order valence-electron chi connectivity index (χ3n) is 6.44. The third-order valence-corrected chi connectivity index (χ3v) is 7.26. The van der Waals surface area contributed by atoms with Crippen molar-refractivity contribution in [3.63, 3.8) is 0 Å². The number of fused-ring (bicyclic) bond motifs is 3. The van der Waals surface area contributed by atoms with Crippen LogP contribution in [0.4, 0.5) is 11.5 Å². The van der Waals surface area contributed by atoms with Crippen LogP contribution in [0.1, 0.15) is 6.42 Å². The van der Waals surface area contributed by atoms with Crippen LogP contribution in [0.5, 0.6) is 0 Å². The smallest absolute Gasteiger partial charge is 0.332 e. The molecule has 0 bridgehead atoms. The molecule has 184 valence electrons. The van der Waals surface area contributed by atoms with Crippen molar-refractivity contribution in [3.05, 3.63) is 60.8 Å². The molecule has 0 atom stereocenters. The van der Waals surface area contributed by atoms with Crippen molar-refractivity contribution < 1.29 is 0 Å². The van der Waals surface area contributed by atoms with E-state index in [4.69, 9.17) is 11.6 Å². The number of aryl methyl sites for hydroxylation is 1. The van der Waals surface area contributed by atoms with Gasteiger partial charge >= 0.3 is 5.69 Å². The molecule has 0 unspecified atom stereocenters. The van der Waals surface area contributed by atoms with Crippen LogP contribution in [0.25, 0.3) is 16.9 Å². The lowest BCUT2D eigenvalue weighted by Crippen LogP contribution is -2.46. The van der Waals surface area contributed by atoms with Crippen LogP contribution in [0.3, 0.4) is 0 Å². The van der Waals surface area contributed by atoms with Gasteiger partial charge in [-0.2, -0.15) is 9.97 Å². The van der Waals surface area contributed by atoms with Gasteiger partial charge in [0.15, 0.2) is 11.2 Å². The molecule has 0 aliphatic carbocycles. The van der Waals surface area contributed by atoms with E-state index in [9.17, 15) is 9.59 Å². The zero-order chi connectivity index (χ0) is 24.7. The molecule has 1 aromatic carbocycles. The van der Waals surface area contributed by atoms with Crippen molar-refractivity contribution in [2.45, 2.75) is 6.42 Å². The number of hydrogen-bond donors (Lipinski definition) is 1. The van der Waals surface area contributed by atoms with Crippen molar-refractivity contribution in [2.75, 3.05) is 49.5 Å². The maximum absolute atomic E-state index is 12.7. The van der Waals surface area contributed by atoms with E-state index in [0.717, 1.165) is 59.8 Å². The quantitative estimate of drug-likeness (QED) is 0.361. The fourth-order valence-electron chi connectivity index (χ4n) is 4.47. The van der Waals surface area contributed by atoms with Gasteiger partial charge < -0.3 is 10.2 Å². The number of nitrogens with one attached hydrogen (secondary N) is 1. The molecule has 35 heavy (non-hydrogen) atoms.